The molecule has 0 aromatic carbocycles. The Balaban J connectivity index is 1.68. The van der Waals surface area contributed by atoms with Crippen molar-refractivity contribution in [2.75, 3.05) is 5.32 Å². The molecular formula is C15H16ClN5OS. The summed E-state index contributed by atoms with van der Waals surface area (Å²) in [5, 5.41) is 14.7. The van der Waals surface area contributed by atoms with E-state index in [1.807, 2.05) is 39.0 Å². The van der Waals surface area contributed by atoms with Gasteiger partial charge < -0.3 is 5.32 Å². The molecule has 3 aromatic heterocycles. The number of hydrogen-bond donors (Lipinski definition) is 2. The molecule has 3 heterocycles. The molecule has 0 atom stereocenters. The number of aromatic amines is 1. The Morgan fingerprint density at radius 3 is 2.78 bits per heavy atom. The minimum atomic E-state index is -0.201. The number of rotatable bonds is 4. The fraction of sp³-hybridized carbons (Fsp3) is 0.267. The first-order chi connectivity index (χ1) is 10.9. The topological polar surface area (TPSA) is 75.6 Å². The molecule has 0 spiro atoms. The molecule has 3 aromatic rings. The van der Waals surface area contributed by atoms with Gasteiger partial charge in [0.15, 0.2) is 5.82 Å². The fourth-order valence-corrected chi connectivity index (χ4v) is 3.21. The summed E-state index contributed by atoms with van der Waals surface area (Å²) >= 11 is 7.75. The molecule has 0 fully saturated rings. The summed E-state index contributed by atoms with van der Waals surface area (Å²) in [5.74, 6) is 0.288. The molecule has 0 bridgehead atoms. The van der Waals surface area contributed by atoms with Gasteiger partial charge in [0.05, 0.1) is 27.0 Å². The summed E-state index contributed by atoms with van der Waals surface area (Å²) in [6.07, 6.45) is 0. The molecule has 0 saturated carbocycles. The minimum Gasteiger partial charge on any atom is -0.308 e. The number of thiophene rings is 1. The molecule has 23 heavy (non-hydrogen) atoms. The van der Waals surface area contributed by atoms with Crippen molar-refractivity contribution in [2.45, 2.75) is 27.3 Å². The van der Waals surface area contributed by atoms with Crippen molar-refractivity contribution in [1.29, 1.82) is 0 Å². The highest BCUT2D eigenvalue weighted by Gasteiger charge is 2.13. The third-order valence-corrected chi connectivity index (χ3v) is 5.02. The smallest absolute Gasteiger partial charge is 0.247 e. The van der Waals surface area contributed by atoms with Crippen LogP contribution in [0.5, 0.6) is 0 Å². The summed E-state index contributed by atoms with van der Waals surface area (Å²) in [7, 11) is 0. The van der Waals surface area contributed by atoms with Crippen LogP contribution in [0, 0.1) is 20.8 Å². The quantitative estimate of drug-likeness (QED) is 0.756. The zero-order chi connectivity index (χ0) is 16.6. The van der Waals surface area contributed by atoms with Gasteiger partial charge in [-0.05, 0) is 32.9 Å². The van der Waals surface area contributed by atoms with E-state index in [4.69, 9.17) is 11.6 Å². The fourth-order valence-electron chi connectivity index (χ4n) is 2.24. The van der Waals surface area contributed by atoms with E-state index in [-0.39, 0.29) is 12.5 Å². The molecule has 0 unspecified atom stereocenters. The number of aryl methyl sites for hydroxylation is 2. The van der Waals surface area contributed by atoms with Gasteiger partial charge in [0.25, 0.3) is 0 Å². The van der Waals surface area contributed by atoms with Crippen LogP contribution in [0.1, 0.15) is 16.3 Å². The van der Waals surface area contributed by atoms with Crippen LogP contribution >= 0.6 is 22.9 Å². The lowest BCUT2D eigenvalue weighted by molar-refractivity contribution is -0.117. The molecule has 0 aliphatic carbocycles. The maximum atomic E-state index is 12.1. The molecule has 0 aliphatic rings. The molecule has 0 aliphatic heterocycles. The highest BCUT2D eigenvalue weighted by atomic mass is 35.5. The number of H-pyrrole nitrogens is 1. The summed E-state index contributed by atoms with van der Waals surface area (Å²) in [6, 6.07) is 5.89. The van der Waals surface area contributed by atoms with Gasteiger partial charge >= 0.3 is 0 Å². The zero-order valence-corrected chi connectivity index (χ0v) is 14.5. The average Bonchev–Trinajstić information content (AvgIpc) is 3.18. The van der Waals surface area contributed by atoms with Crippen molar-refractivity contribution in [2.24, 2.45) is 0 Å². The van der Waals surface area contributed by atoms with Crippen LogP contribution in [0.2, 0.25) is 5.02 Å². The molecular weight excluding hydrogens is 334 g/mol. The zero-order valence-electron chi connectivity index (χ0n) is 13.0. The van der Waals surface area contributed by atoms with Crippen LogP contribution in [0.3, 0.4) is 0 Å². The van der Waals surface area contributed by atoms with Crippen LogP contribution in [0.15, 0.2) is 18.2 Å². The lowest BCUT2D eigenvalue weighted by Gasteiger charge is -2.04. The number of amides is 1. The van der Waals surface area contributed by atoms with Gasteiger partial charge in [-0.15, -0.1) is 11.3 Å². The van der Waals surface area contributed by atoms with Gasteiger partial charge in [-0.25, -0.2) is 0 Å². The van der Waals surface area contributed by atoms with Crippen LogP contribution < -0.4 is 5.32 Å². The maximum absolute atomic E-state index is 12.1. The largest absolute Gasteiger partial charge is 0.308 e. The molecule has 3 rings (SSSR count). The standard InChI is InChI=1S/C15H16ClN5OS/c1-8-4-5-12(23-8)11-6-13(19-18-11)17-14(22)7-21-10(3)15(16)9(2)20-21/h4-6H,7H2,1-3H3,(H2,17,18,19,22). The summed E-state index contributed by atoms with van der Waals surface area (Å²) in [6.45, 7) is 5.79. The van der Waals surface area contributed by atoms with Crippen molar-refractivity contribution < 1.29 is 4.79 Å². The Hall–Kier alpha value is -2.12. The SMILES string of the molecule is Cc1ccc(-c2cc(NC(=O)Cn3nc(C)c(Cl)c3C)n[nH]2)s1. The molecule has 2 N–H and O–H groups in total. The van der Waals surface area contributed by atoms with Crippen molar-refractivity contribution in [3.8, 4) is 10.6 Å². The summed E-state index contributed by atoms with van der Waals surface area (Å²) in [4.78, 5) is 14.4. The third-order valence-electron chi connectivity index (χ3n) is 3.44. The van der Waals surface area contributed by atoms with Crippen molar-refractivity contribution >= 4 is 34.7 Å². The van der Waals surface area contributed by atoms with E-state index in [0.717, 1.165) is 16.3 Å². The normalized spacial score (nSPS) is 11.0. The molecule has 1 amide bonds. The second-order valence-corrected chi connectivity index (χ2v) is 6.93. The summed E-state index contributed by atoms with van der Waals surface area (Å²) in [5.41, 5.74) is 2.37. The second kappa shape index (κ2) is 6.17. The van der Waals surface area contributed by atoms with Crippen LogP contribution in [-0.2, 0) is 11.3 Å². The van der Waals surface area contributed by atoms with Crippen molar-refractivity contribution in [3.63, 3.8) is 0 Å². The highest BCUT2D eigenvalue weighted by molar-refractivity contribution is 7.15. The van der Waals surface area contributed by atoms with Crippen LogP contribution in [0.25, 0.3) is 10.6 Å². The van der Waals surface area contributed by atoms with E-state index in [1.54, 1.807) is 16.0 Å². The average molecular weight is 350 g/mol. The predicted octanol–water partition coefficient (Wildman–Crippen LogP) is 3.55. The maximum Gasteiger partial charge on any atom is 0.247 e. The van der Waals surface area contributed by atoms with Crippen molar-refractivity contribution in [1.82, 2.24) is 20.0 Å². The number of halogens is 1. The molecule has 6 nitrogen and oxygen atoms in total. The summed E-state index contributed by atoms with van der Waals surface area (Å²) < 4.78 is 1.59. The van der Waals surface area contributed by atoms with Gasteiger partial charge in [-0.1, -0.05) is 11.6 Å². The van der Waals surface area contributed by atoms with E-state index in [0.29, 0.717) is 16.5 Å². The molecule has 120 valence electrons. The predicted molar refractivity (Wildman–Crippen MR) is 92.0 cm³/mol. The van der Waals surface area contributed by atoms with Gasteiger partial charge in [0, 0.05) is 10.9 Å². The number of carbonyl (C=O) groups is 1. The highest BCUT2D eigenvalue weighted by Crippen LogP contribution is 2.27. The Morgan fingerprint density at radius 2 is 2.17 bits per heavy atom. The van der Waals surface area contributed by atoms with Gasteiger partial charge in [-0.3, -0.25) is 14.6 Å². The van der Waals surface area contributed by atoms with Gasteiger partial charge in [0.1, 0.15) is 6.54 Å². The number of nitrogens with one attached hydrogen (secondary N) is 2. The van der Waals surface area contributed by atoms with E-state index in [2.05, 4.69) is 20.6 Å². The Kier molecular flexibility index (Phi) is 4.23. The van der Waals surface area contributed by atoms with Crippen molar-refractivity contribution in [3.05, 3.63) is 39.5 Å². The van der Waals surface area contributed by atoms with Gasteiger partial charge in [0.2, 0.25) is 5.91 Å². The second-order valence-electron chi connectivity index (χ2n) is 5.27. The third kappa shape index (κ3) is 3.30. The first-order valence-electron chi connectivity index (χ1n) is 7.05. The number of aromatic nitrogens is 4. The lowest BCUT2D eigenvalue weighted by Crippen LogP contribution is -2.20. The van der Waals surface area contributed by atoms with E-state index >= 15 is 0 Å². The first kappa shape index (κ1) is 15.8. The Labute approximate surface area is 142 Å². The van der Waals surface area contributed by atoms with Crippen LogP contribution in [0.4, 0.5) is 5.82 Å². The first-order valence-corrected chi connectivity index (χ1v) is 8.25. The van der Waals surface area contributed by atoms with E-state index < -0.39 is 0 Å². The van der Waals surface area contributed by atoms with Gasteiger partial charge in [-0.2, -0.15) is 10.2 Å². The number of anilines is 1. The number of nitrogens with zero attached hydrogens (tertiary/aromatic N) is 3. The molecule has 0 radical (unpaired) electrons. The van der Waals surface area contributed by atoms with E-state index in [1.165, 1.54) is 4.88 Å². The number of hydrogen-bond acceptors (Lipinski definition) is 4. The number of carbonyl (C=O) groups excluding carboxylic acids is 1. The minimum absolute atomic E-state index is 0.0969. The Bertz CT molecular complexity index is 863. The lowest BCUT2D eigenvalue weighted by atomic mass is 10.3. The molecule has 8 heteroatoms. The monoisotopic (exact) mass is 349 g/mol. The van der Waals surface area contributed by atoms with E-state index in [9.17, 15) is 4.79 Å². The Morgan fingerprint density at radius 1 is 1.39 bits per heavy atom. The van der Waals surface area contributed by atoms with Crippen LogP contribution in [-0.4, -0.2) is 25.9 Å². The molecule has 0 saturated heterocycles.